The Morgan fingerprint density at radius 2 is 1.83 bits per heavy atom. The molecule has 18 heavy (non-hydrogen) atoms. The smallest absolute Gasteiger partial charge is 0.119 e. The van der Waals surface area contributed by atoms with E-state index in [1.807, 2.05) is 0 Å². The summed E-state index contributed by atoms with van der Waals surface area (Å²) in [4.78, 5) is 10.9. The third-order valence-electron chi connectivity index (χ3n) is 4.08. The van der Waals surface area contributed by atoms with Crippen molar-refractivity contribution in [1.82, 2.24) is 0 Å². The third-order valence-corrected chi connectivity index (χ3v) is 8.46. The molecule has 0 unspecified atom stereocenters. The molecular weight excluding hydrogens is 236 g/mol. The molecule has 0 saturated heterocycles. The van der Waals surface area contributed by atoms with Crippen LogP contribution in [0.5, 0.6) is 0 Å². The number of hydrogen-bond donors (Lipinski definition) is 0. The molecule has 1 aromatic rings. The molecule has 1 aromatic carbocycles. The van der Waals surface area contributed by atoms with E-state index in [0.717, 1.165) is 12.7 Å². The predicted molar refractivity (Wildman–Crippen MR) is 82.1 cm³/mol. The minimum atomic E-state index is -1.51. The molecule has 0 aliphatic heterocycles. The summed E-state index contributed by atoms with van der Waals surface area (Å²) in [7, 11) is -1.51. The first-order valence-corrected chi connectivity index (χ1v) is 10.2. The zero-order valence-corrected chi connectivity index (χ0v) is 13.0. The van der Waals surface area contributed by atoms with Crippen molar-refractivity contribution in [3.8, 4) is 0 Å². The fourth-order valence-electron chi connectivity index (χ4n) is 2.63. The van der Waals surface area contributed by atoms with Gasteiger partial charge in [-0.15, -0.1) is 0 Å². The van der Waals surface area contributed by atoms with Gasteiger partial charge in [-0.25, -0.2) is 0 Å². The molecule has 0 amide bonds. The van der Waals surface area contributed by atoms with Crippen LogP contribution in [0.15, 0.2) is 30.3 Å². The molecule has 0 aromatic heterocycles. The van der Waals surface area contributed by atoms with Crippen molar-refractivity contribution in [3.63, 3.8) is 0 Å². The van der Waals surface area contributed by atoms with Crippen LogP contribution in [-0.4, -0.2) is 14.4 Å². The lowest BCUT2D eigenvalue weighted by Crippen LogP contribution is -2.46. The van der Waals surface area contributed by atoms with Crippen molar-refractivity contribution in [1.29, 1.82) is 0 Å². The number of aldehydes is 1. The van der Waals surface area contributed by atoms with Gasteiger partial charge in [0.1, 0.15) is 6.29 Å². The molecule has 100 valence electrons. The van der Waals surface area contributed by atoms with Gasteiger partial charge < -0.3 is 4.79 Å². The Balaban J connectivity index is 2.79. The van der Waals surface area contributed by atoms with E-state index in [2.05, 4.69) is 50.3 Å². The molecule has 0 saturated carbocycles. The molecule has 0 fully saturated rings. The maximum absolute atomic E-state index is 10.9. The molecule has 0 aliphatic rings. The van der Waals surface area contributed by atoms with E-state index in [0.29, 0.717) is 5.54 Å². The van der Waals surface area contributed by atoms with Crippen molar-refractivity contribution >= 4 is 19.5 Å². The summed E-state index contributed by atoms with van der Waals surface area (Å²) >= 11 is 0. The zero-order chi connectivity index (χ0) is 13.4. The van der Waals surface area contributed by atoms with E-state index in [4.69, 9.17) is 0 Å². The lowest BCUT2D eigenvalue weighted by molar-refractivity contribution is -0.107. The number of rotatable bonds is 8. The summed E-state index contributed by atoms with van der Waals surface area (Å²) in [5.41, 5.74) is 0.587. The van der Waals surface area contributed by atoms with Crippen LogP contribution in [0.1, 0.15) is 39.0 Å². The Hall–Kier alpha value is -0.893. The molecule has 1 nitrogen and oxygen atoms in total. The Morgan fingerprint density at radius 1 is 1.17 bits per heavy atom. The van der Waals surface area contributed by atoms with Crippen LogP contribution >= 0.6 is 0 Å². The monoisotopic (exact) mass is 262 g/mol. The fourth-order valence-corrected chi connectivity index (χ4v) is 5.77. The maximum Gasteiger partial charge on any atom is 0.119 e. The van der Waals surface area contributed by atoms with Gasteiger partial charge in [0.2, 0.25) is 0 Å². The second kappa shape index (κ2) is 7.52. The van der Waals surface area contributed by atoms with Crippen LogP contribution in [0.25, 0.3) is 0 Å². The summed E-state index contributed by atoms with van der Waals surface area (Å²) < 4.78 is 0. The fraction of sp³-hybridized carbons (Fsp3) is 0.562. The topological polar surface area (TPSA) is 17.1 Å². The number of benzene rings is 1. The second-order valence-corrected chi connectivity index (χ2v) is 10.5. The Bertz CT molecular complexity index is 345. The van der Waals surface area contributed by atoms with E-state index in [9.17, 15) is 4.79 Å². The van der Waals surface area contributed by atoms with E-state index in [-0.39, 0.29) is 0 Å². The number of carbonyl (C=O) groups is 1. The van der Waals surface area contributed by atoms with Crippen molar-refractivity contribution in [2.24, 2.45) is 0 Å². The average Bonchev–Trinajstić information content (AvgIpc) is 2.39. The highest BCUT2D eigenvalue weighted by molar-refractivity contribution is 6.91. The van der Waals surface area contributed by atoms with Crippen molar-refractivity contribution in [2.45, 2.75) is 57.7 Å². The largest absolute Gasteiger partial charge is 0.303 e. The number of carbonyl (C=O) groups excluding carboxylic acids is 1. The van der Waals surface area contributed by atoms with Gasteiger partial charge >= 0.3 is 0 Å². The quantitative estimate of drug-likeness (QED) is 0.391. The highest BCUT2D eigenvalue weighted by atomic mass is 28.3. The van der Waals surface area contributed by atoms with E-state index in [1.54, 1.807) is 0 Å². The zero-order valence-electron chi connectivity index (χ0n) is 12.0. The summed E-state index contributed by atoms with van der Waals surface area (Å²) in [5.74, 6) is 0. The first-order chi connectivity index (χ1) is 8.62. The Kier molecular flexibility index (Phi) is 6.34. The molecule has 0 heterocycles. The van der Waals surface area contributed by atoms with Crippen LogP contribution in [0.2, 0.25) is 18.6 Å². The van der Waals surface area contributed by atoms with Gasteiger partial charge in [0.05, 0.1) is 8.07 Å². The van der Waals surface area contributed by atoms with Gasteiger partial charge in [-0.1, -0.05) is 81.2 Å². The van der Waals surface area contributed by atoms with Crippen molar-refractivity contribution < 1.29 is 4.79 Å². The lowest BCUT2D eigenvalue weighted by Gasteiger charge is -2.32. The van der Waals surface area contributed by atoms with Crippen molar-refractivity contribution in [2.75, 3.05) is 0 Å². The van der Waals surface area contributed by atoms with Gasteiger partial charge in [-0.05, 0) is 5.54 Å². The third kappa shape index (κ3) is 4.09. The highest BCUT2D eigenvalue weighted by Gasteiger charge is 2.32. The first-order valence-electron chi connectivity index (χ1n) is 7.12. The van der Waals surface area contributed by atoms with E-state index < -0.39 is 8.07 Å². The minimum Gasteiger partial charge on any atom is -0.303 e. The Labute approximate surface area is 113 Å². The molecule has 0 spiro atoms. The van der Waals surface area contributed by atoms with Gasteiger partial charge in [0.25, 0.3) is 0 Å². The normalized spacial score (nSPS) is 13.3. The van der Waals surface area contributed by atoms with Crippen molar-refractivity contribution in [3.05, 3.63) is 30.3 Å². The van der Waals surface area contributed by atoms with Gasteiger partial charge in [0, 0.05) is 6.42 Å². The molecule has 0 bridgehead atoms. The number of hydrogen-bond acceptors (Lipinski definition) is 1. The van der Waals surface area contributed by atoms with Gasteiger partial charge in [0.15, 0.2) is 0 Å². The Morgan fingerprint density at radius 3 is 2.39 bits per heavy atom. The number of unbranched alkanes of at least 4 members (excludes halogenated alkanes) is 2. The molecule has 1 rings (SSSR count). The molecule has 0 radical (unpaired) electrons. The summed E-state index contributed by atoms with van der Waals surface area (Å²) in [6, 6.07) is 10.8. The second-order valence-electron chi connectivity index (χ2n) is 5.68. The predicted octanol–water partition coefficient (Wildman–Crippen LogP) is 4.14. The van der Waals surface area contributed by atoms with E-state index in [1.165, 1.54) is 30.9 Å². The van der Waals surface area contributed by atoms with Crippen LogP contribution in [0.4, 0.5) is 0 Å². The van der Waals surface area contributed by atoms with Crippen LogP contribution in [0, 0.1) is 0 Å². The van der Waals surface area contributed by atoms with E-state index >= 15 is 0 Å². The SMILES string of the molecule is CCCCC[C@H](CC=O)[Si](C)(C)c1ccccc1. The standard InChI is InChI=1S/C16H26OSi/c1-4-5-7-10-16(13-14-17)18(2,3)15-11-8-6-9-12-15/h6,8-9,11-12,14,16H,4-5,7,10,13H2,1-3H3/t16-/m1/s1. The molecule has 0 N–H and O–H groups in total. The minimum absolute atomic E-state index is 0.587. The van der Waals surface area contributed by atoms with Gasteiger partial charge in [-0.2, -0.15) is 0 Å². The summed E-state index contributed by atoms with van der Waals surface area (Å²) in [5, 5.41) is 1.48. The summed E-state index contributed by atoms with van der Waals surface area (Å²) in [6.45, 7) is 7.04. The van der Waals surface area contributed by atoms with Gasteiger partial charge in [-0.3, -0.25) is 0 Å². The molecular formula is C16H26OSi. The molecule has 1 atom stereocenters. The van der Waals surface area contributed by atoms with Crippen LogP contribution in [0.3, 0.4) is 0 Å². The molecule has 0 aliphatic carbocycles. The first kappa shape index (κ1) is 15.2. The van der Waals surface area contributed by atoms with Crippen LogP contribution < -0.4 is 5.19 Å². The lowest BCUT2D eigenvalue weighted by atomic mass is 10.1. The summed E-state index contributed by atoms with van der Waals surface area (Å²) in [6.07, 6.45) is 6.86. The average molecular weight is 262 g/mol. The maximum atomic E-state index is 10.9. The molecule has 2 heteroatoms. The van der Waals surface area contributed by atoms with Crippen LogP contribution in [-0.2, 0) is 4.79 Å². The highest BCUT2D eigenvalue weighted by Crippen LogP contribution is 2.30.